The molecule has 2 N–H and O–H groups in total. The standard InChI is InChI=1S/C11H18F3N3O4/c1-11(2,3)21-10(20)16-6-7(18)17(14)5-4-15-9(19)8(12)13/h8H,4-6H2,1-3H3,(H,15,19)(H,16,20). The van der Waals surface area contributed by atoms with E-state index >= 15 is 0 Å². The fraction of sp³-hybridized carbons (Fsp3) is 0.727. The molecule has 0 aromatic heterocycles. The molecule has 0 unspecified atom stereocenters. The number of hydrogen-bond acceptors (Lipinski definition) is 4. The van der Waals surface area contributed by atoms with Crippen LogP contribution in [0.3, 0.4) is 0 Å². The number of alkyl carbamates (subject to hydrolysis) is 1. The second kappa shape index (κ2) is 8.32. The molecular formula is C11H18F3N3O4. The maximum atomic E-state index is 13.2. The lowest BCUT2D eigenvalue weighted by Crippen LogP contribution is -2.42. The first-order valence-electron chi connectivity index (χ1n) is 6.02. The molecule has 0 aliphatic heterocycles. The van der Waals surface area contributed by atoms with E-state index in [1.807, 2.05) is 5.32 Å². The minimum Gasteiger partial charge on any atom is -0.444 e. The predicted octanol–water partition coefficient (Wildman–Crippen LogP) is 0.605. The molecule has 0 rings (SSSR count). The highest BCUT2D eigenvalue weighted by atomic mass is 19.3. The number of carbonyl (C=O) groups is 3. The van der Waals surface area contributed by atoms with Crippen LogP contribution in [0.4, 0.5) is 18.1 Å². The smallest absolute Gasteiger partial charge is 0.408 e. The van der Waals surface area contributed by atoms with Crippen LogP contribution in [-0.4, -0.2) is 54.7 Å². The highest BCUT2D eigenvalue weighted by Crippen LogP contribution is 2.06. The minimum atomic E-state index is -3.21. The lowest BCUT2D eigenvalue weighted by atomic mass is 10.2. The van der Waals surface area contributed by atoms with Gasteiger partial charge in [0.05, 0.1) is 6.54 Å². The van der Waals surface area contributed by atoms with Crippen LogP contribution in [0.2, 0.25) is 0 Å². The first-order valence-corrected chi connectivity index (χ1v) is 6.02. The highest BCUT2D eigenvalue weighted by molar-refractivity contribution is 5.81. The Kier molecular flexibility index (Phi) is 7.53. The first kappa shape index (κ1) is 19.0. The Bertz CT molecular complexity index is 385. The number of alkyl halides is 2. The van der Waals surface area contributed by atoms with Crippen LogP contribution < -0.4 is 10.6 Å². The van der Waals surface area contributed by atoms with Crippen molar-refractivity contribution in [2.45, 2.75) is 32.8 Å². The SMILES string of the molecule is CC(C)(C)OC(=O)NCC(=O)N(F)CCNC(=O)C(F)F. The fourth-order valence-electron chi connectivity index (χ4n) is 1.03. The van der Waals surface area contributed by atoms with Crippen LogP contribution in [-0.2, 0) is 14.3 Å². The topological polar surface area (TPSA) is 87.7 Å². The van der Waals surface area contributed by atoms with Crippen LogP contribution >= 0.6 is 0 Å². The van der Waals surface area contributed by atoms with Crippen molar-refractivity contribution in [1.29, 1.82) is 0 Å². The molecule has 0 spiro atoms. The average molecular weight is 313 g/mol. The number of rotatable bonds is 6. The Labute approximate surface area is 119 Å². The molecule has 0 bridgehead atoms. The molecule has 0 aliphatic rings. The van der Waals surface area contributed by atoms with Crippen molar-refractivity contribution in [3.05, 3.63) is 0 Å². The van der Waals surface area contributed by atoms with Gasteiger partial charge in [-0.3, -0.25) is 9.59 Å². The van der Waals surface area contributed by atoms with Gasteiger partial charge in [0.1, 0.15) is 12.1 Å². The molecule has 21 heavy (non-hydrogen) atoms. The van der Waals surface area contributed by atoms with Gasteiger partial charge in [0, 0.05) is 6.54 Å². The Hall–Kier alpha value is -2.00. The van der Waals surface area contributed by atoms with Crippen molar-refractivity contribution < 1.29 is 32.4 Å². The molecule has 0 radical (unpaired) electrons. The average Bonchev–Trinajstić information content (AvgIpc) is 2.33. The number of ether oxygens (including phenoxy) is 1. The second-order valence-electron chi connectivity index (χ2n) is 4.93. The van der Waals surface area contributed by atoms with E-state index in [2.05, 4.69) is 0 Å². The number of carbonyl (C=O) groups excluding carboxylic acids is 3. The van der Waals surface area contributed by atoms with Gasteiger partial charge in [0.15, 0.2) is 0 Å². The molecule has 0 aromatic carbocycles. The molecule has 3 amide bonds. The summed E-state index contributed by atoms with van der Waals surface area (Å²) in [4.78, 5) is 32.9. The van der Waals surface area contributed by atoms with Gasteiger partial charge < -0.3 is 15.4 Å². The zero-order valence-corrected chi connectivity index (χ0v) is 11.9. The van der Waals surface area contributed by atoms with Gasteiger partial charge in [-0.15, -0.1) is 0 Å². The summed E-state index contributed by atoms with van der Waals surface area (Å²) >= 11 is 0. The number of nitrogens with one attached hydrogen (secondary N) is 2. The fourth-order valence-corrected chi connectivity index (χ4v) is 1.03. The van der Waals surface area contributed by atoms with E-state index in [1.165, 1.54) is 0 Å². The largest absolute Gasteiger partial charge is 0.444 e. The second-order valence-corrected chi connectivity index (χ2v) is 4.93. The number of amides is 3. The predicted molar refractivity (Wildman–Crippen MR) is 66.1 cm³/mol. The number of nitrogens with zero attached hydrogens (tertiary/aromatic N) is 1. The van der Waals surface area contributed by atoms with Gasteiger partial charge in [-0.25, -0.2) is 4.79 Å². The third-order valence-corrected chi connectivity index (χ3v) is 1.86. The number of hydrogen-bond donors (Lipinski definition) is 2. The Balaban J connectivity index is 3.95. The summed E-state index contributed by atoms with van der Waals surface area (Å²) in [6.07, 6.45) is -4.10. The number of halogens is 3. The molecule has 0 atom stereocenters. The van der Waals surface area contributed by atoms with Crippen molar-refractivity contribution in [2.75, 3.05) is 19.6 Å². The summed E-state index contributed by atoms with van der Waals surface area (Å²) in [5, 5.41) is 3.46. The first-order chi connectivity index (χ1) is 9.53. The van der Waals surface area contributed by atoms with Gasteiger partial charge >= 0.3 is 12.5 Å². The van der Waals surface area contributed by atoms with Gasteiger partial charge in [0.25, 0.3) is 11.8 Å². The molecular weight excluding hydrogens is 295 g/mol. The van der Waals surface area contributed by atoms with Crippen LogP contribution in [0.25, 0.3) is 0 Å². The van der Waals surface area contributed by atoms with Gasteiger partial charge in [-0.2, -0.15) is 13.9 Å². The van der Waals surface area contributed by atoms with E-state index in [0.717, 1.165) is 0 Å². The minimum absolute atomic E-state index is 0.302. The van der Waals surface area contributed by atoms with E-state index in [1.54, 1.807) is 26.1 Å². The van der Waals surface area contributed by atoms with Crippen LogP contribution in [0, 0.1) is 0 Å². The van der Waals surface area contributed by atoms with E-state index in [0.29, 0.717) is 0 Å². The van der Waals surface area contributed by atoms with Crippen molar-refractivity contribution >= 4 is 17.9 Å². The molecule has 0 aliphatic carbocycles. The lowest BCUT2D eigenvalue weighted by Gasteiger charge is -2.20. The van der Waals surface area contributed by atoms with Gasteiger partial charge in [-0.05, 0) is 20.8 Å². The van der Waals surface area contributed by atoms with E-state index < -0.39 is 49.6 Å². The van der Waals surface area contributed by atoms with E-state index in [9.17, 15) is 27.6 Å². The molecule has 0 saturated carbocycles. The van der Waals surface area contributed by atoms with Crippen molar-refractivity contribution in [2.24, 2.45) is 0 Å². The van der Waals surface area contributed by atoms with Crippen molar-refractivity contribution in [3.63, 3.8) is 0 Å². The van der Waals surface area contributed by atoms with Crippen LogP contribution in [0.15, 0.2) is 0 Å². The zero-order chi connectivity index (χ0) is 16.6. The molecule has 0 saturated heterocycles. The maximum Gasteiger partial charge on any atom is 0.408 e. The lowest BCUT2D eigenvalue weighted by molar-refractivity contribution is -0.145. The van der Waals surface area contributed by atoms with Gasteiger partial charge in [0.2, 0.25) is 0 Å². The van der Waals surface area contributed by atoms with Crippen LogP contribution in [0.5, 0.6) is 0 Å². The summed E-state index contributed by atoms with van der Waals surface area (Å²) in [7, 11) is 0. The third kappa shape index (κ3) is 9.52. The third-order valence-electron chi connectivity index (χ3n) is 1.86. The summed E-state index contributed by atoms with van der Waals surface area (Å²) in [5.74, 6) is -2.66. The normalized spacial score (nSPS) is 11.0. The molecule has 7 nitrogen and oxygen atoms in total. The molecule has 122 valence electrons. The van der Waals surface area contributed by atoms with Crippen molar-refractivity contribution in [1.82, 2.24) is 15.8 Å². The Morgan fingerprint density at radius 1 is 1.19 bits per heavy atom. The van der Waals surface area contributed by atoms with Crippen LogP contribution in [0.1, 0.15) is 20.8 Å². The Morgan fingerprint density at radius 2 is 1.76 bits per heavy atom. The summed E-state index contributed by atoms with van der Waals surface area (Å²) in [6, 6.07) is 0. The quantitative estimate of drug-likeness (QED) is 0.703. The zero-order valence-electron chi connectivity index (χ0n) is 11.9. The maximum absolute atomic E-state index is 13.2. The highest BCUT2D eigenvalue weighted by Gasteiger charge is 2.19. The summed E-state index contributed by atoms with van der Waals surface area (Å²) in [6.45, 7) is 3.09. The molecule has 10 heteroatoms. The monoisotopic (exact) mass is 313 g/mol. The van der Waals surface area contributed by atoms with Gasteiger partial charge in [-0.1, -0.05) is 4.48 Å². The molecule has 0 fully saturated rings. The van der Waals surface area contributed by atoms with E-state index in [4.69, 9.17) is 4.74 Å². The van der Waals surface area contributed by atoms with Crippen molar-refractivity contribution in [3.8, 4) is 0 Å². The molecule has 0 aromatic rings. The van der Waals surface area contributed by atoms with E-state index in [-0.39, 0.29) is 5.12 Å². The Morgan fingerprint density at radius 3 is 2.24 bits per heavy atom. The summed E-state index contributed by atoms with van der Waals surface area (Å²) < 4.78 is 41.6. The molecule has 0 heterocycles. The summed E-state index contributed by atoms with van der Waals surface area (Å²) in [5.41, 5.74) is -0.762.